The Balaban J connectivity index is 0.00000196. The maximum Gasteiger partial charge on any atom is 0.237 e. The molecule has 0 bridgehead atoms. The second-order valence-corrected chi connectivity index (χ2v) is 6.89. The maximum atomic E-state index is 13.0. The topological polar surface area (TPSA) is 64.7 Å². The molecule has 2 heterocycles. The van der Waals surface area contributed by atoms with Crippen LogP contribution in [-0.2, 0) is 9.59 Å². The molecule has 158 valence electrons. The molecule has 1 aromatic rings. The summed E-state index contributed by atoms with van der Waals surface area (Å²) in [5, 5.41) is 6.08. The molecule has 2 fully saturated rings. The zero-order valence-electron chi connectivity index (χ0n) is 15.9. The van der Waals surface area contributed by atoms with Crippen LogP contribution in [0.4, 0.5) is 10.1 Å². The van der Waals surface area contributed by atoms with Gasteiger partial charge in [0.25, 0.3) is 0 Å². The average molecular weight is 435 g/mol. The van der Waals surface area contributed by atoms with E-state index in [-0.39, 0.29) is 48.5 Å². The summed E-state index contributed by atoms with van der Waals surface area (Å²) in [5.41, 5.74) is 0.978. The van der Waals surface area contributed by atoms with E-state index in [0.717, 1.165) is 44.6 Å². The number of carbonyl (C=O) groups excluding carboxylic acids is 2. The molecular weight excluding hydrogens is 406 g/mol. The minimum Gasteiger partial charge on any atom is -0.368 e. The smallest absolute Gasteiger partial charge is 0.237 e. The van der Waals surface area contributed by atoms with Crippen LogP contribution in [0.25, 0.3) is 0 Å². The Morgan fingerprint density at radius 3 is 2.36 bits per heavy atom. The summed E-state index contributed by atoms with van der Waals surface area (Å²) >= 11 is 0. The molecular formula is C19H29Cl2FN4O2. The quantitative estimate of drug-likeness (QED) is 0.743. The zero-order chi connectivity index (χ0) is 18.4. The molecule has 0 saturated carbocycles. The van der Waals surface area contributed by atoms with Gasteiger partial charge < -0.3 is 20.4 Å². The van der Waals surface area contributed by atoms with E-state index < -0.39 is 0 Å². The lowest BCUT2D eigenvalue weighted by Gasteiger charge is -2.36. The second-order valence-electron chi connectivity index (χ2n) is 6.89. The Labute approximate surface area is 178 Å². The Hall–Kier alpha value is -1.57. The van der Waals surface area contributed by atoms with Gasteiger partial charge in [0.05, 0.1) is 6.04 Å². The SMILES string of the molecule is Cl.Cl.O=C(NCCC(=O)N1CCN(c2ccc(F)cc2)CC1)[C@H]1CCCCN1. The Kier molecular flexibility index (Phi) is 10.6. The van der Waals surface area contributed by atoms with Gasteiger partial charge in [0, 0.05) is 44.8 Å². The van der Waals surface area contributed by atoms with E-state index in [4.69, 9.17) is 0 Å². The predicted molar refractivity (Wildman–Crippen MR) is 113 cm³/mol. The molecule has 2 N–H and O–H groups in total. The highest BCUT2D eigenvalue weighted by atomic mass is 35.5. The summed E-state index contributed by atoms with van der Waals surface area (Å²) < 4.78 is 13.0. The molecule has 2 aliphatic rings. The maximum absolute atomic E-state index is 13.0. The van der Waals surface area contributed by atoms with E-state index in [1.807, 2.05) is 4.90 Å². The number of nitrogens with one attached hydrogen (secondary N) is 2. The number of anilines is 1. The predicted octanol–water partition coefficient (Wildman–Crippen LogP) is 1.97. The van der Waals surface area contributed by atoms with Crippen molar-refractivity contribution in [2.24, 2.45) is 0 Å². The van der Waals surface area contributed by atoms with Gasteiger partial charge in [-0.05, 0) is 43.7 Å². The first-order valence-corrected chi connectivity index (χ1v) is 9.43. The highest BCUT2D eigenvalue weighted by molar-refractivity contribution is 5.85. The Morgan fingerprint density at radius 2 is 1.75 bits per heavy atom. The van der Waals surface area contributed by atoms with Crippen LogP contribution in [0, 0.1) is 5.82 Å². The first-order valence-electron chi connectivity index (χ1n) is 9.43. The van der Waals surface area contributed by atoms with E-state index in [1.54, 1.807) is 12.1 Å². The van der Waals surface area contributed by atoms with Crippen molar-refractivity contribution in [1.82, 2.24) is 15.5 Å². The van der Waals surface area contributed by atoms with E-state index in [1.165, 1.54) is 12.1 Å². The molecule has 1 aromatic carbocycles. The van der Waals surface area contributed by atoms with Crippen LogP contribution in [-0.4, -0.2) is 62.0 Å². The number of hydrogen-bond acceptors (Lipinski definition) is 4. The number of halogens is 3. The lowest BCUT2D eigenvalue weighted by Crippen LogP contribution is -2.50. The highest BCUT2D eigenvalue weighted by Gasteiger charge is 2.23. The van der Waals surface area contributed by atoms with Crippen molar-refractivity contribution in [3.8, 4) is 0 Å². The molecule has 9 heteroatoms. The molecule has 0 spiro atoms. The summed E-state index contributed by atoms with van der Waals surface area (Å²) in [6.07, 6.45) is 3.38. The summed E-state index contributed by atoms with van der Waals surface area (Å²) in [7, 11) is 0. The summed E-state index contributed by atoms with van der Waals surface area (Å²) in [4.78, 5) is 28.4. The minimum absolute atomic E-state index is 0. The van der Waals surface area contributed by atoms with Gasteiger partial charge in [-0.15, -0.1) is 24.8 Å². The number of hydrogen-bond donors (Lipinski definition) is 2. The van der Waals surface area contributed by atoms with Crippen LogP contribution in [0.15, 0.2) is 24.3 Å². The van der Waals surface area contributed by atoms with Gasteiger partial charge in [-0.25, -0.2) is 4.39 Å². The van der Waals surface area contributed by atoms with E-state index in [2.05, 4.69) is 15.5 Å². The van der Waals surface area contributed by atoms with Crippen molar-refractivity contribution < 1.29 is 14.0 Å². The first kappa shape index (κ1) is 24.5. The number of nitrogens with zero attached hydrogens (tertiary/aromatic N) is 2. The molecule has 6 nitrogen and oxygen atoms in total. The van der Waals surface area contributed by atoms with E-state index >= 15 is 0 Å². The van der Waals surface area contributed by atoms with Gasteiger partial charge in [-0.3, -0.25) is 9.59 Å². The molecule has 2 amide bonds. The van der Waals surface area contributed by atoms with Crippen molar-refractivity contribution in [3.05, 3.63) is 30.1 Å². The van der Waals surface area contributed by atoms with Crippen molar-refractivity contribution >= 4 is 42.3 Å². The molecule has 28 heavy (non-hydrogen) atoms. The van der Waals surface area contributed by atoms with Crippen molar-refractivity contribution in [1.29, 1.82) is 0 Å². The monoisotopic (exact) mass is 434 g/mol. The number of rotatable bonds is 5. The molecule has 2 saturated heterocycles. The van der Waals surface area contributed by atoms with Crippen molar-refractivity contribution in [2.45, 2.75) is 31.7 Å². The number of benzene rings is 1. The van der Waals surface area contributed by atoms with Crippen LogP contribution in [0.2, 0.25) is 0 Å². The third-order valence-corrected chi connectivity index (χ3v) is 5.09. The normalized spacial score (nSPS) is 19.2. The van der Waals surface area contributed by atoms with Gasteiger partial charge >= 0.3 is 0 Å². The number of amides is 2. The van der Waals surface area contributed by atoms with Crippen LogP contribution >= 0.6 is 24.8 Å². The summed E-state index contributed by atoms with van der Waals surface area (Å²) in [5.74, 6) is -0.174. The zero-order valence-corrected chi connectivity index (χ0v) is 17.5. The fourth-order valence-corrected chi connectivity index (χ4v) is 3.52. The lowest BCUT2D eigenvalue weighted by atomic mass is 10.0. The molecule has 0 radical (unpaired) electrons. The van der Waals surface area contributed by atoms with Crippen LogP contribution in [0.3, 0.4) is 0 Å². The van der Waals surface area contributed by atoms with Crippen LogP contribution in [0.5, 0.6) is 0 Å². The fraction of sp³-hybridized carbons (Fsp3) is 0.579. The van der Waals surface area contributed by atoms with Crippen LogP contribution < -0.4 is 15.5 Å². The highest BCUT2D eigenvalue weighted by Crippen LogP contribution is 2.17. The number of piperidine rings is 1. The fourth-order valence-electron chi connectivity index (χ4n) is 3.52. The second kappa shape index (κ2) is 12.1. The molecule has 1 atom stereocenters. The van der Waals surface area contributed by atoms with Crippen molar-refractivity contribution in [2.75, 3.05) is 44.2 Å². The van der Waals surface area contributed by atoms with Gasteiger partial charge in [-0.1, -0.05) is 6.42 Å². The van der Waals surface area contributed by atoms with E-state index in [0.29, 0.717) is 26.1 Å². The summed E-state index contributed by atoms with van der Waals surface area (Å²) in [6, 6.07) is 6.33. The van der Waals surface area contributed by atoms with Gasteiger partial charge in [0.2, 0.25) is 11.8 Å². The molecule has 3 rings (SSSR count). The lowest BCUT2D eigenvalue weighted by molar-refractivity contribution is -0.131. The molecule has 0 unspecified atom stereocenters. The van der Waals surface area contributed by atoms with Gasteiger partial charge in [-0.2, -0.15) is 0 Å². The number of piperazine rings is 1. The Morgan fingerprint density at radius 1 is 1.07 bits per heavy atom. The van der Waals surface area contributed by atoms with Crippen molar-refractivity contribution in [3.63, 3.8) is 0 Å². The average Bonchev–Trinajstić information content (AvgIpc) is 2.69. The standard InChI is InChI=1S/C19H27FN4O2.2ClH/c20-15-4-6-16(7-5-15)23-11-13-24(14-12-23)18(25)8-10-22-19(26)17-3-1-2-9-21-17;;/h4-7,17,21H,1-3,8-14H2,(H,22,26);2*1H/t17-;;/m1../s1. The molecule has 0 aliphatic carbocycles. The van der Waals surface area contributed by atoms with Gasteiger partial charge in [0.15, 0.2) is 0 Å². The number of carbonyl (C=O) groups is 2. The van der Waals surface area contributed by atoms with Crippen LogP contribution in [0.1, 0.15) is 25.7 Å². The van der Waals surface area contributed by atoms with Gasteiger partial charge in [0.1, 0.15) is 5.82 Å². The Bertz CT molecular complexity index is 619. The summed E-state index contributed by atoms with van der Waals surface area (Å²) in [6.45, 7) is 4.03. The molecule has 0 aromatic heterocycles. The van der Waals surface area contributed by atoms with E-state index in [9.17, 15) is 14.0 Å². The third-order valence-electron chi connectivity index (χ3n) is 5.09. The molecule has 2 aliphatic heterocycles. The first-order chi connectivity index (χ1) is 12.6. The minimum atomic E-state index is -0.243. The third kappa shape index (κ3) is 6.79. The largest absolute Gasteiger partial charge is 0.368 e.